The molecule has 8 nitrogen and oxygen atoms in total. The van der Waals surface area contributed by atoms with Crippen LogP contribution >= 0.6 is 0 Å². The van der Waals surface area contributed by atoms with Crippen LogP contribution in [0.2, 0.25) is 0 Å². The summed E-state index contributed by atoms with van der Waals surface area (Å²) < 4.78 is 5.34. The number of ether oxygens (including phenoxy) is 1. The van der Waals surface area contributed by atoms with Crippen molar-refractivity contribution in [1.82, 2.24) is 0 Å². The molecule has 118 valence electrons. The maximum atomic E-state index is 12.1. The summed E-state index contributed by atoms with van der Waals surface area (Å²) in [4.78, 5) is 32.2. The number of esters is 1. The van der Waals surface area contributed by atoms with E-state index < -0.39 is 27.2 Å². The summed E-state index contributed by atoms with van der Waals surface area (Å²) in [5.74, 6) is -0.751. The van der Waals surface area contributed by atoms with E-state index in [1.807, 2.05) is 0 Å². The van der Waals surface area contributed by atoms with Crippen LogP contribution in [-0.2, 0) is 4.74 Å². The van der Waals surface area contributed by atoms with E-state index in [4.69, 9.17) is 4.74 Å². The summed E-state index contributed by atoms with van der Waals surface area (Å²) in [6.07, 6.45) is 5.39. The van der Waals surface area contributed by atoms with Gasteiger partial charge in [0.25, 0.3) is 11.4 Å². The van der Waals surface area contributed by atoms with Crippen LogP contribution in [0.1, 0.15) is 48.9 Å². The normalized spacial score (nSPS) is 15.8. The summed E-state index contributed by atoms with van der Waals surface area (Å²) in [7, 11) is 0. The molecule has 22 heavy (non-hydrogen) atoms. The predicted molar refractivity (Wildman–Crippen MR) is 76.7 cm³/mol. The quantitative estimate of drug-likeness (QED) is 0.364. The van der Waals surface area contributed by atoms with Gasteiger partial charge < -0.3 is 4.74 Å². The molecule has 0 aromatic heterocycles. The van der Waals surface area contributed by atoms with Crippen LogP contribution in [0.3, 0.4) is 0 Å². The van der Waals surface area contributed by atoms with Gasteiger partial charge in [-0.3, -0.25) is 20.2 Å². The number of non-ortho nitro benzene ring substituents is 2. The summed E-state index contributed by atoms with van der Waals surface area (Å²) in [6.45, 7) is 0. The van der Waals surface area contributed by atoms with Gasteiger partial charge in [0.1, 0.15) is 6.10 Å². The van der Waals surface area contributed by atoms with Gasteiger partial charge in [-0.2, -0.15) is 0 Å². The lowest BCUT2D eigenvalue weighted by molar-refractivity contribution is -0.394. The monoisotopic (exact) mass is 308 g/mol. The van der Waals surface area contributed by atoms with Crippen LogP contribution in [0.15, 0.2) is 18.2 Å². The zero-order valence-electron chi connectivity index (χ0n) is 11.9. The molecule has 0 atom stereocenters. The molecule has 1 aromatic carbocycles. The second-order valence-electron chi connectivity index (χ2n) is 5.27. The number of carbonyl (C=O) groups is 1. The second kappa shape index (κ2) is 6.97. The van der Waals surface area contributed by atoms with Crippen molar-refractivity contribution >= 4 is 17.3 Å². The van der Waals surface area contributed by atoms with Crippen LogP contribution in [0, 0.1) is 20.2 Å². The lowest BCUT2D eigenvalue weighted by Crippen LogP contribution is -2.17. The van der Waals surface area contributed by atoms with Crippen molar-refractivity contribution in [2.75, 3.05) is 0 Å². The molecule has 0 spiro atoms. The molecule has 0 aliphatic heterocycles. The van der Waals surface area contributed by atoms with Crippen LogP contribution in [0.5, 0.6) is 0 Å². The standard InChI is InChI=1S/C14H16N2O6/c17-14(22-13-5-3-1-2-4-6-13)10-7-11(15(18)19)9-12(8-10)16(20)21/h7-9,13H,1-6H2. The molecular formula is C14H16N2O6. The highest BCUT2D eigenvalue weighted by Gasteiger charge is 2.23. The number of rotatable bonds is 4. The molecule has 0 N–H and O–H groups in total. The number of nitrogens with zero attached hydrogens (tertiary/aromatic N) is 2. The van der Waals surface area contributed by atoms with E-state index in [1.165, 1.54) is 0 Å². The minimum atomic E-state index is -0.768. The number of hydrogen-bond donors (Lipinski definition) is 0. The van der Waals surface area contributed by atoms with Gasteiger partial charge in [-0.05, 0) is 25.7 Å². The van der Waals surface area contributed by atoms with Crippen molar-refractivity contribution in [3.05, 3.63) is 44.0 Å². The average molecular weight is 308 g/mol. The van der Waals surface area contributed by atoms with E-state index in [1.54, 1.807) is 0 Å². The highest BCUT2D eigenvalue weighted by atomic mass is 16.6. The largest absolute Gasteiger partial charge is 0.459 e. The Morgan fingerprint density at radius 1 is 0.955 bits per heavy atom. The van der Waals surface area contributed by atoms with E-state index in [9.17, 15) is 25.0 Å². The van der Waals surface area contributed by atoms with E-state index in [0.717, 1.165) is 56.7 Å². The lowest BCUT2D eigenvalue weighted by Gasteiger charge is -2.15. The van der Waals surface area contributed by atoms with Gasteiger partial charge in [0, 0.05) is 12.1 Å². The Labute approximate surface area is 126 Å². The zero-order chi connectivity index (χ0) is 16.1. The molecule has 0 radical (unpaired) electrons. The van der Waals surface area contributed by atoms with Crippen LogP contribution in [0.25, 0.3) is 0 Å². The van der Waals surface area contributed by atoms with Crippen molar-refractivity contribution < 1.29 is 19.4 Å². The van der Waals surface area contributed by atoms with Crippen LogP contribution in [-0.4, -0.2) is 21.9 Å². The minimum absolute atomic E-state index is 0.162. The van der Waals surface area contributed by atoms with Gasteiger partial charge in [-0.1, -0.05) is 12.8 Å². The number of benzene rings is 1. The topological polar surface area (TPSA) is 113 Å². The maximum absolute atomic E-state index is 12.1. The van der Waals surface area contributed by atoms with Crippen molar-refractivity contribution in [2.24, 2.45) is 0 Å². The summed E-state index contributed by atoms with van der Waals surface area (Å²) in [5.41, 5.74) is -1.16. The molecule has 8 heteroatoms. The van der Waals surface area contributed by atoms with Gasteiger partial charge >= 0.3 is 5.97 Å². The van der Waals surface area contributed by atoms with E-state index in [0.29, 0.717) is 0 Å². The third-order valence-corrected chi connectivity index (χ3v) is 3.64. The molecule has 0 saturated heterocycles. The van der Waals surface area contributed by atoms with Gasteiger partial charge in [-0.15, -0.1) is 0 Å². The highest BCUT2D eigenvalue weighted by Crippen LogP contribution is 2.25. The molecule has 1 fully saturated rings. The predicted octanol–water partition coefficient (Wildman–Crippen LogP) is 3.38. The first-order chi connectivity index (χ1) is 10.5. The fourth-order valence-corrected chi connectivity index (χ4v) is 2.50. The molecule has 0 unspecified atom stereocenters. The maximum Gasteiger partial charge on any atom is 0.338 e. The Kier molecular flexibility index (Phi) is 5.03. The number of hydrogen-bond acceptors (Lipinski definition) is 6. The molecule has 1 saturated carbocycles. The Morgan fingerprint density at radius 2 is 1.45 bits per heavy atom. The fourth-order valence-electron chi connectivity index (χ4n) is 2.50. The Bertz CT molecular complexity index is 561. The average Bonchev–Trinajstić information content (AvgIpc) is 2.75. The SMILES string of the molecule is O=C(OC1CCCCCC1)c1cc([N+](=O)[O-])cc([N+](=O)[O-])c1. The highest BCUT2D eigenvalue weighted by molar-refractivity contribution is 5.91. The third-order valence-electron chi connectivity index (χ3n) is 3.64. The first kappa shape index (κ1) is 15.9. The summed E-state index contributed by atoms with van der Waals surface area (Å²) in [5, 5.41) is 21.6. The second-order valence-corrected chi connectivity index (χ2v) is 5.27. The molecular weight excluding hydrogens is 292 g/mol. The Morgan fingerprint density at radius 3 is 1.91 bits per heavy atom. The van der Waals surface area contributed by atoms with Gasteiger partial charge in [-0.25, -0.2) is 4.79 Å². The fraction of sp³-hybridized carbons (Fsp3) is 0.500. The van der Waals surface area contributed by atoms with E-state index in [2.05, 4.69) is 0 Å². The van der Waals surface area contributed by atoms with Crippen LogP contribution < -0.4 is 0 Å². The van der Waals surface area contributed by atoms with Gasteiger partial charge in [0.05, 0.1) is 21.5 Å². The first-order valence-corrected chi connectivity index (χ1v) is 7.12. The van der Waals surface area contributed by atoms with Crippen molar-refractivity contribution in [3.8, 4) is 0 Å². The molecule has 1 aromatic rings. The van der Waals surface area contributed by atoms with Crippen LogP contribution in [0.4, 0.5) is 11.4 Å². The van der Waals surface area contributed by atoms with Crippen molar-refractivity contribution in [1.29, 1.82) is 0 Å². The van der Waals surface area contributed by atoms with Gasteiger partial charge in [0.2, 0.25) is 0 Å². The number of carbonyl (C=O) groups excluding carboxylic acids is 1. The first-order valence-electron chi connectivity index (χ1n) is 7.12. The smallest absolute Gasteiger partial charge is 0.338 e. The van der Waals surface area contributed by atoms with Crippen molar-refractivity contribution in [2.45, 2.75) is 44.6 Å². The molecule has 2 rings (SSSR count). The summed E-state index contributed by atoms with van der Waals surface area (Å²) >= 11 is 0. The zero-order valence-corrected chi connectivity index (χ0v) is 11.9. The summed E-state index contributed by atoms with van der Waals surface area (Å²) in [6, 6.07) is 2.83. The molecule has 0 bridgehead atoms. The minimum Gasteiger partial charge on any atom is -0.459 e. The molecule has 0 amide bonds. The third kappa shape index (κ3) is 4.00. The lowest BCUT2D eigenvalue weighted by atomic mass is 10.1. The van der Waals surface area contributed by atoms with Gasteiger partial charge in [0.15, 0.2) is 0 Å². The van der Waals surface area contributed by atoms with E-state index in [-0.39, 0.29) is 11.7 Å². The Balaban J connectivity index is 2.20. The van der Waals surface area contributed by atoms with E-state index >= 15 is 0 Å². The number of nitro benzene ring substituents is 2. The molecule has 1 aliphatic rings. The molecule has 0 heterocycles. The number of nitro groups is 2. The molecule has 1 aliphatic carbocycles. The Hall–Kier alpha value is -2.51. The van der Waals surface area contributed by atoms with Crippen molar-refractivity contribution in [3.63, 3.8) is 0 Å².